The zero-order valence-corrected chi connectivity index (χ0v) is 17.3. The first-order valence-corrected chi connectivity index (χ1v) is 10.9. The van der Waals surface area contributed by atoms with Crippen LogP contribution >= 0.6 is 0 Å². The highest BCUT2D eigenvalue weighted by Gasteiger charge is 2.24. The highest BCUT2D eigenvalue weighted by molar-refractivity contribution is 7.92. The van der Waals surface area contributed by atoms with E-state index in [1.54, 1.807) is 12.1 Å². The van der Waals surface area contributed by atoms with Gasteiger partial charge in [-0.1, -0.05) is 32.9 Å². The number of nitrogens with one attached hydrogen (secondary N) is 1. The molecule has 1 aliphatic heterocycles. The van der Waals surface area contributed by atoms with Crippen LogP contribution in [0.15, 0.2) is 24.3 Å². The first-order chi connectivity index (χ1) is 12.0. The van der Waals surface area contributed by atoms with Crippen LogP contribution in [0, 0.1) is 0 Å². The van der Waals surface area contributed by atoms with E-state index in [1.807, 2.05) is 12.1 Å². The molecule has 1 N–H and O–H groups in total. The average Bonchev–Trinajstić information content (AvgIpc) is 2.53. The number of anilines is 1. The molecule has 0 atom stereocenters. The first kappa shape index (κ1) is 20.7. The van der Waals surface area contributed by atoms with Gasteiger partial charge in [0.1, 0.15) is 6.54 Å². The van der Waals surface area contributed by atoms with Crippen LogP contribution in [-0.2, 0) is 20.2 Å². The van der Waals surface area contributed by atoms with E-state index in [-0.39, 0.29) is 23.9 Å². The number of piperidine rings is 1. The molecule has 1 amide bonds. The van der Waals surface area contributed by atoms with Gasteiger partial charge in [0.25, 0.3) is 0 Å². The number of likely N-dealkylation sites (tertiary alicyclic amines) is 1. The van der Waals surface area contributed by atoms with Gasteiger partial charge in [-0.2, -0.15) is 0 Å². The van der Waals surface area contributed by atoms with E-state index in [0.717, 1.165) is 37.8 Å². The number of hydrogen-bond donors (Lipinski definition) is 1. The van der Waals surface area contributed by atoms with Crippen LogP contribution in [0.3, 0.4) is 0 Å². The number of hydrogen-bond acceptors (Lipinski definition) is 4. The largest absolute Gasteiger partial charge is 0.352 e. The maximum Gasteiger partial charge on any atom is 0.240 e. The summed E-state index contributed by atoms with van der Waals surface area (Å²) < 4.78 is 25.6. The molecule has 0 bridgehead atoms. The van der Waals surface area contributed by atoms with E-state index in [1.165, 1.54) is 4.31 Å². The third kappa shape index (κ3) is 5.71. The third-order valence-corrected chi connectivity index (χ3v) is 5.93. The molecule has 1 aromatic carbocycles. The lowest BCUT2D eigenvalue weighted by Crippen LogP contribution is -2.47. The van der Waals surface area contributed by atoms with Gasteiger partial charge in [-0.15, -0.1) is 0 Å². The summed E-state index contributed by atoms with van der Waals surface area (Å²) in [6.07, 6.45) is 2.91. The molecule has 0 saturated carbocycles. The molecule has 1 aromatic rings. The zero-order chi connectivity index (χ0) is 19.5. The van der Waals surface area contributed by atoms with Gasteiger partial charge in [0, 0.05) is 6.04 Å². The summed E-state index contributed by atoms with van der Waals surface area (Å²) in [5.41, 5.74) is 1.62. The molecule has 1 fully saturated rings. The van der Waals surface area contributed by atoms with Crippen LogP contribution in [0.5, 0.6) is 0 Å². The number of amides is 1. The number of nitrogens with zero attached hydrogens (tertiary/aromatic N) is 2. The summed E-state index contributed by atoms with van der Waals surface area (Å²) >= 11 is 0. The quantitative estimate of drug-likeness (QED) is 0.846. The van der Waals surface area contributed by atoms with Crippen LogP contribution in [0.4, 0.5) is 5.69 Å². The molecule has 0 radical (unpaired) electrons. The van der Waals surface area contributed by atoms with Crippen molar-refractivity contribution in [3.05, 3.63) is 29.8 Å². The minimum atomic E-state index is -3.55. The fraction of sp³-hybridized carbons (Fsp3) is 0.632. The predicted molar refractivity (Wildman–Crippen MR) is 106 cm³/mol. The molecule has 146 valence electrons. The predicted octanol–water partition coefficient (Wildman–Crippen LogP) is 1.96. The van der Waals surface area contributed by atoms with Gasteiger partial charge in [-0.3, -0.25) is 9.10 Å². The van der Waals surface area contributed by atoms with Crippen molar-refractivity contribution in [3.63, 3.8) is 0 Å². The van der Waals surface area contributed by atoms with E-state index in [2.05, 4.69) is 38.0 Å². The van der Waals surface area contributed by atoms with Crippen LogP contribution in [-0.4, -0.2) is 58.2 Å². The van der Waals surface area contributed by atoms with E-state index in [4.69, 9.17) is 0 Å². The van der Waals surface area contributed by atoms with Gasteiger partial charge in [0.2, 0.25) is 15.9 Å². The Bertz CT molecular complexity index is 715. The molecule has 1 aliphatic rings. The van der Waals surface area contributed by atoms with Gasteiger partial charge in [0.15, 0.2) is 0 Å². The van der Waals surface area contributed by atoms with Crippen molar-refractivity contribution in [1.29, 1.82) is 0 Å². The normalized spacial score (nSPS) is 17.1. The summed E-state index contributed by atoms with van der Waals surface area (Å²) in [6.45, 7) is 7.99. The topological polar surface area (TPSA) is 69.7 Å². The smallest absolute Gasteiger partial charge is 0.240 e. The van der Waals surface area contributed by atoms with Crippen molar-refractivity contribution >= 4 is 21.6 Å². The molecular formula is C19H31N3O3S. The lowest BCUT2D eigenvalue weighted by molar-refractivity contribution is -0.120. The summed E-state index contributed by atoms with van der Waals surface area (Å²) in [4.78, 5) is 14.6. The number of benzene rings is 1. The van der Waals surface area contributed by atoms with Gasteiger partial charge in [-0.25, -0.2) is 8.42 Å². The maximum absolute atomic E-state index is 12.4. The van der Waals surface area contributed by atoms with Crippen molar-refractivity contribution in [3.8, 4) is 0 Å². The second-order valence-electron chi connectivity index (χ2n) is 8.21. The fourth-order valence-electron chi connectivity index (χ4n) is 3.08. The van der Waals surface area contributed by atoms with E-state index in [9.17, 15) is 13.2 Å². The second-order valence-corrected chi connectivity index (χ2v) is 10.1. The summed E-state index contributed by atoms with van der Waals surface area (Å²) in [5, 5.41) is 2.98. The molecule has 1 heterocycles. The molecule has 26 heavy (non-hydrogen) atoms. The number of rotatable bonds is 5. The standard InChI is InChI=1S/C19H31N3O3S/c1-19(2,3)15-6-8-17(9-7-15)22(26(5,24)25)14-18(23)20-16-10-12-21(4)13-11-16/h6-9,16H,10-14H2,1-5H3,(H,20,23). The second kappa shape index (κ2) is 7.96. The van der Waals surface area contributed by atoms with Gasteiger partial charge < -0.3 is 10.2 Å². The maximum atomic E-state index is 12.4. The van der Waals surface area contributed by atoms with Gasteiger partial charge in [-0.05, 0) is 56.1 Å². The SMILES string of the molecule is CN1CCC(NC(=O)CN(c2ccc(C(C)(C)C)cc2)S(C)(=O)=O)CC1. The fourth-order valence-corrected chi connectivity index (χ4v) is 3.94. The minimum Gasteiger partial charge on any atom is -0.352 e. The van der Waals surface area contributed by atoms with Crippen LogP contribution in [0.25, 0.3) is 0 Å². The lowest BCUT2D eigenvalue weighted by Gasteiger charge is -2.30. The number of sulfonamides is 1. The highest BCUT2D eigenvalue weighted by Crippen LogP contribution is 2.25. The number of carbonyl (C=O) groups is 1. The van der Waals surface area contributed by atoms with Gasteiger partial charge >= 0.3 is 0 Å². The molecule has 0 aliphatic carbocycles. The van der Waals surface area contributed by atoms with Crippen molar-refractivity contribution < 1.29 is 13.2 Å². The Kier molecular flexibility index (Phi) is 6.34. The van der Waals surface area contributed by atoms with Crippen LogP contribution in [0.2, 0.25) is 0 Å². The summed E-state index contributed by atoms with van der Waals surface area (Å²) in [6, 6.07) is 7.49. The molecule has 2 rings (SSSR count). The molecule has 0 unspecified atom stereocenters. The third-order valence-electron chi connectivity index (χ3n) is 4.79. The lowest BCUT2D eigenvalue weighted by atomic mass is 9.87. The summed E-state index contributed by atoms with van der Waals surface area (Å²) in [5.74, 6) is -0.259. The van der Waals surface area contributed by atoms with Crippen molar-refractivity contribution in [2.24, 2.45) is 0 Å². The Morgan fingerprint density at radius 3 is 2.19 bits per heavy atom. The van der Waals surface area contributed by atoms with Crippen molar-refractivity contribution in [1.82, 2.24) is 10.2 Å². The molecule has 6 nitrogen and oxygen atoms in total. The molecule has 0 aromatic heterocycles. The molecule has 1 saturated heterocycles. The monoisotopic (exact) mass is 381 g/mol. The van der Waals surface area contributed by atoms with Gasteiger partial charge in [0.05, 0.1) is 11.9 Å². The van der Waals surface area contributed by atoms with E-state index in [0.29, 0.717) is 5.69 Å². The first-order valence-electron chi connectivity index (χ1n) is 9.03. The Labute approximate surface area is 157 Å². The van der Waals surface area contributed by atoms with Crippen molar-refractivity contribution in [2.45, 2.75) is 45.1 Å². The Morgan fingerprint density at radius 2 is 1.73 bits per heavy atom. The zero-order valence-electron chi connectivity index (χ0n) is 16.4. The Balaban J connectivity index is 2.09. The molecule has 7 heteroatoms. The van der Waals surface area contributed by atoms with E-state index >= 15 is 0 Å². The molecular weight excluding hydrogens is 350 g/mol. The van der Waals surface area contributed by atoms with Crippen LogP contribution < -0.4 is 9.62 Å². The minimum absolute atomic E-state index is 0.0139. The summed E-state index contributed by atoms with van der Waals surface area (Å²) in [7, 11) is -1.49. The Hall–Kier alpha value is -1.60. The van der Waals surface area contributed by atoms with Crippen LogP contribution in [0.1, 0.15) is 39.2 Å². The van der Waals surface area contributed by atoms with E-state index < -0.39 is 10.0 Å². The molecule has 0 spiro atoms. The van der Waals surface area contributed by atoms with Crippen molar-refractivity contribution in [2.75, 3.05) is 37.2 Å². The number of carbonyl (C=O) groups excluding carboxylic acids is 1. The Morgan fingerprint density at radius 1 is 1.19 bits per heavy atom. The highest BCUT2D eigenvalue weighted by atomic mass is 32.2. The average molecular weight is 382 g/mol.